The third-order valence-corrected chi connectivity index (χ3v) is 4.63. The van der Waals surface area contributed by atoms with Crippen molar-refractivity contribution in [1.82, 2.24) is 24.4 Å². The average Bonchev–Trinajstić information content (AvgIpc) is 3.20. The molecule has 0 N–H and O–H groups in total. The van der Waals surface area contributed by atoms with Gasteiger partial charge < -0.3 is 9.47 Å². The lowest BCUT2D eigenvalue weighted by Gasteiger charge is -2.16. The van der Waals surface area contributed by atoms with Crippen molar-refractivity contribution >= 4 is 11.3 Å². The molecule has 23 heavy (non-hydrogen) atoms. The quantitative estimate of drug-likeness (QED) is 0.669. The standard InChI is InChI=1S/C17H21N5S/c1-21(8-3-6-16-18-7-9-22(16)2)13-14-11-19-17(20-12-14)15-5-4-10-23-15/h4-5,7,9-12H,3,6,8,13H2,1-2H3. The molecule has 3 heterocycles. The van der Waals surface area contributed by atoms with Crippen LogP contribution in [0.5, 0.6) is 0 Å². The second-order valence-corrected chi connectivity index (χ2v) is 6.64. The van der Waals surface area contributed by atoms with Crippen LogP contribution in [0.4, 0.5) is 0 Å². The molecule has 3 aromatic rings. The Bertz CT molecular complexity index is 718. The van der Waals surface area contributed by atoms with Crippen molar-refractivity contribution in [2.24, 2.45) is 7.05 Å². The number of aryl methyl sites for hydroxylation is 2. The summed E-state index contributed by atoms with van der Waals surface area (Å²) in [6.07, 6.45) is 9.79. The lowest BCUT2D eigenvalue weighted by atomic mass is 10.2. The van der Waals surface area contributed by atoms with Gasteiger partial charge in [0.15, 0.2) is 5.82 Å². The summed E-state index contributed by atoms with van der Waals surface area (Å²) in [5.41, 5.74) is 1.14. The molecule has 0 spiro atoms. The molecule has 120 valence electrons. The van der Waals surface area contributed by atoms with E-state index in [2.05, 4.69) is 31.5 Å². The Morgan fingerprint density at radius 2 is 2.04 bits per heavy atom. The van der Waals surface area contributed by atoms with Crippen molar-refractivity contribution in [3.63, 3.8) is 0 Å². The molecule has 0 unspecified atom stereocenters. The van der Waals surface area contributed by atoms with Gasteiger partial charge in [-0.1, -0.05) is 6.07 Å². The summed E-state index contributed by atoms with van der Waals surface area (Å²) in [4.78, 5) is 16.7. The van der Waals surface area contributed by atoms with E-state index in [1.807, 2.05) is 49.3 Å². The van der Waals surface area contributed by atoms with Crippen LogP contribution in [0.15, 0.2) is 42.3 Å². The van der Waals surface area contributed by atoms with Crippen LogP contribution in [0.1, 0.15) is 17.8 Å². The topological polar surface area (TPSA) is 46.8 Å². The number of rotatable bonds is 7. The van der Waals surface area contributed by atoms with Gasteiger partial charge in [-0.25, -0.2) is 15.0 Å². The van der Waals surface area contributed by atoms with Gasteiger partial charge in [-0.05, 0) is 31.5 Å². The average molecular weight is 327 g/mol. The minimum atomic E-state index is 0.807. The second-order valence-electron chi connectivity index (χ2n) is 5.69. The Balaban J connectivity index is 1.48. The monoisotopic (exact) mass is 327 g/mol. The van der Waals surface area contributed by atoms with Gasteiger partial charge in [0, 0.05) is 50.4 Å². The van der Waals surface area contributed by atoms with Crippen LogP contribution in [-0.2, 0) is 20.0 Å². The number of thiophene rings is 1. The first-order valence-electron chi connectivity index (χ1n) is 7.72. The fraction of sp³-hybridized carbons (Fsp3) is 0.353. The highest BCUT2D eigenvalue weighted by molar-refractivity contribution is 7.13. The van der Waals surface area contributed by atoms with Crippen LogP contribution in [0.25, 0.3) is 10.7 Å². The minimum absolute atomic E-state index is 0.807. The molecule has 0 fully saturated rings. The highest BCUT2D eigenvalue weighted by Crippen LogP contribution is 2.20. The van der Waals surface area contributed by atoms with Gasteiger partial charge in [-0.2, -0.15) is 0 Å². The second kappa shape index (κ2) is 7.48. The SMILES string of the molecule is CN(CCCc1nccn1C)Cc1cnc(-c2cccs2)nc1. The molecule has 3 rings (SSSR count). The first-order chi connectivity index (χ1) is 11.2. The third kappa shape index (κ3) is 4.24. The zero-order chi connectivity index (χ0) is 16.1. The molecule has 0 aliphatic heterocycles. The predicted molar refractivity (Wildman–Crippen MR) is 93.2 cm³/mol. The van der Waals surface area contributed by atoms with E-state index in [-0.39, 0.29) is 0 Å². The van der Waals surface area contributed by atoms with Gasteiger partial charge in [-0.3, -0.25) is 0 Å². The van der Waals surface area contributed by atoms with E-state index in [9.17, 15) is 0 Å². The summed E-state index contributed by atoms with van der Waals surface area (Å²) in [7, 11) is 4.17. The smallest absolute Gasteiger partial charge is 0.169 e. The van der Waals surface area contributed by atoms with Crippen LogP contribution >= 0.6 is 11.3 Å². The molecule has 0 saturated heterocycles. The summed E-state index contributed by atoms with van der Waals surface area (Å²) in [5.74, 6) is 1.95. The Labute approximate surface area is 140 Å². The minimum Gasteiger partial charge on any atom is -0.338 e. The maximum Gasteiger partial charge on any atom is 0.169 e. The van der Waals surface area contributed by atoms with Gasteiger partial charge in [-0.15, -0.1) is 11.3 Å². The first kappa shape index (κ1) is 15.8. The van der Waals surface area contributed by atoms with Gasteiger partial charge in [0.2, 0.25) is 0 Å². The van der Waals surface area contributed by atoms with Crippen molar-refractivity contribution in [3.05, 3.63) is 53.7 Å². The molecule has 0 atom stereocenters. The van der Waals surface area contributed by atoms with Crippen LogP contribution in [0.3, 0.4) is 0 Å². The molecule has 0 aromatic carbocycles. The molecule has 0 aliphatic carbocycles. The zero-order valence-electron chi connectivity index (χ0n) is 13.5. The fourth-order valence-electron chi connectivity index (χ4n) is 2.50. The summed E-state index contributed by atoms with van der Waals surface area (Å²) in [6.45, 7) is 1.89. The maximum atomic E-state index is 4.47. The molecule has 0 saturated carbocycles. The maximum absolute atomic E-state index is 4.47. The van der Waals surface area contributed by atoms with Gasteiger partial charge in [0.05, 0.1) is 4.88 Å². The van der Waals surface area contributed by atoms with Gasteiger partial charge >= 0.3 is 0 Å². The molecule has 6 heteroatoms. The Morgan fingerprint density at radius 3 is 2.70 bits per heavy atom. The molecular formula is C17H21N5S. The van der Waals surface area contributed by atoms with E-state index in [4.69, 9.17) is 0 Å². The van der Waals surface area contributed by atoms with Crippen LogP contribution in [-0.4, -0.2) is 38.0 Å². The fourth-order valence-corrected chi connectivity index (χ4v) is 3.18. The third-order valence-electron chi connectivity index (χ3n) is 3.76. The lowest BCUT2D eigenvalue weighted by Crippen LogP contribution is -2.20. The Hall–Kier alpha value is -2.05. The first-order valence-corrected chi connectivity index (χ1v) is 8.60. The van der Waals surface area contributed by atoms with Crippen molar-refractivity contribution in [2.45, 2.75) is 19.4 Å². The summed E-state index contributed by atoms with van der Waals surface area (Å²) < 4.78 is 2.08. The lowest BCUT2D eigenvalue weighted by molar-refractivity contribution is 0.320. The van der Waals surface area contributed by atoms with Crippen molar-refractivity contribution in [1.29, 1.82) is 0 Å². The van der Waals surface area contributed by atoms with Gasteiger partial charge in [0.1, 0.15) is 5.82 Å². The number of imidazole rings is 1. The van der Waals surface area contributed by atoms with Crippen LogP contribution in [0, 0.1) is 0 Å². The summed E-state index contributed by atoms with van der Waals surface area (Å²) in [6, 6.07) is 4.07. The van der Waals surface area contributed by atoms with E-state index in [1.165, 1.54) is 0 Å². The zero-order valence-corrected chi connectivity index (χ0v) is 14.3. The van der Waals surface area contributed by atoms with Crippen molar-refractivity contribution in [3.8, 4) is 10.7 Å². The number of nitrogens with zero attached hydrogens (tertiary/aromatic N) is 5. The van der Waals surface area contributed by atoms with E-state index in [0.717, 1.165) is 48.0 Å². The van der Waals surface area contributed by atoms with Crippen LogP contribution in [0.2, 0.25) is 0 Å². The van der Waals surface area contributed by atoms with Gasteiger partial charge in [0.25, 0.3) is 0 Å². The number of hydrogen-bond donors (Lipinski definition) is 0. The summed E-state index contributed by atoms with van der Waals surface area (Å²) in [5, 5.41) is 2.04. The molecule has 0 bridgehead atoms. The number of aromatic nitrogens is 4. The van der Waals surface area contributed by atoms with Crippen molar-refractivity contribution < 1.29 is 0 Å². The van der Waals surface area contributed by atoms with E-state index < -0.39 is 0 Å². The molecule has 5 nitrogen and oxygen atoms in total. The Kier molecular flexibility index (Phi) is 5.15. The van der Waals surface area contributed by atoms with Crippen molar-refractivity contribution in [2.75, 3.05) is 13.6 Å². The molecular weight excluding hydrogens is 306 g/mol. The van der Waals surface area contributed by atoms with E-state index in [0.29, 0.717) is 0 Å². The molecule has 0 radical (unpaired) electrons. The van der Waals surface area contributed by atoms with E-state index >= 15 is 0 Å². The predicted octanol–water partition coefficient (Wildman–Crippen LogP) is 3.00. The normalized spacial score (nSPS) is 11.3. The van der Waals surface area contributed by atoms with Crippen LogP contribution < -0.4 is 0 Å². The summed E-state index contributed by atoms with van der Waals surface area (Å²) >= 11 is 1.66. The molecule has 0 aliphatic rings. The Morgan fingerprint density at radius 1 is 1.22 bits per heavy atom. The van der Waals surface area contributed by atoms with E-state index in [1.54, 1.807) is 11.3 Å². The molecule has 0 amide bonds. The highest BCUT2D eigenvalue weighted by Gasteiger charge is 2.05. The molecule has 3 aromatic heterocycles. The highest BCUT2D eigenvalue weighted by atomic mass is 32.1. The largest absolute Gasteiger partial charge is 0.338 e. The number of hydrogen-bond acceptors (Lipinski definition) is 5.